The van der Waals surface area contributed by atoms with Gasteiger partial charge in [0, 0.05) is 38.2 Å². The number of fused-ring (bicyclic) bond motifs is 1. The Morgan fingerprint density at radius 1 is 1.03 bits per heavy atom. The van der Waals surface area contributed by atoms with E-state index in [-0.39, 0.29) is 36.3 Å². The zero-order valence-electron chi connectivity index (χ0n) is 15.3. The fraction of sp³-hybridized carbons (Fsp3) is 0.389. The van der Waals surface area contributed by atoms with Crippen molar-refractivity contribution >= 4 is 50.5 Å². The highest BCUT2D eigenvalue weighted by Crippen LogP contribution is 2.38. The molecule has 2 aliphatic heterocycles. The first-order valence-corrected chi connectivity index (χ1v) is 12.0. The monoisotopic (exact) mass is 476 g/mol. The molecule has 0 atom stereocenters. The van der Waals surface area contributed by atoms with Crippen LogP contribution in [0.15, 0.2) is 28.5 Å². The summed E-state index contributed by atoms with van der Waals surface area (Å²) >= 11 is 13.2. The van der Waals surface area contributed by atoms with Crippen LogP contribution in [0, 0.1) is 0 Å². The van der Waals surface area contributed by atoms with Crippen LogP contribution in [-0.4, -0.2) is 62.9 Å². The molecule has 29 heavy (non-hydrogen) atoms. The van der Waals surface area contributed by atoms with Crippen molar-refractivity contribution in [1.29, 1.82) is 0 Å². The second-order valence-electron chi connectivity index (χ2n) is 6.59. The molecule has 1 fully saturated rings. The molecule has 1 aromatic heterocycles. The van der Waals surface area contributed by atoms with Gasteiger partial charge in [-0.3, -0.25) is 4.79 Å². The Labute approximate surface area is 182 Å². The van der Waals surface area contributed by atoms with Crippen LogP contribution in [0.2, 0.25) is 9.36 Å². The van der Waals surface area contributed by atoms with Crippen molar-refractivity contribution in [2.45, 2.75) is 10.6 Å². The maximum atomic E-state index is 12.9. The second kappa shape index (κ2) is 8.31. The van der Waals surface area contributed by atoms with Gasteiger partial charge in [0.1, 0.15) is 4.21 Å². The van der Waals surface area contributed by atoms with Gasteiger partial charge in [0.25, 0.3) is 15.9 Å². The van der Waals surface area contributed by atoms with Gasteiger partial charge in [-0.2, -0.15) is 4.31 Å². The summed E-state index contributed by atoms with van der Waals surface area (Å²) in [7, 11) is -3.61. The van der Waals surface area contributed by atoms with E-state index in [2.05, 4.69) is 0 Å². The molecular formula is C18H18Cl2N2O5S2. The number of benzene rings is 1. The standard InChI is InChI=1S/C18H18Cl2N2O5S2/c19-13-10-12(11-14-17(13)27-9-1-8-26-14)18(23)21-4-6-22(7-5-21)29(24,25)16-3-2-15(20)28-16/h2-3,10-11H,1,4-9H2. The number of nitrogens with zero attached hydrogens (tertiary/aromatic N) is 2. The number of ether oxygens (including phenoxy) is 2. The van der Waals surface area contributed by atoms with Gasteiger partial charge in [0.2, 0.25) is 0 Å². The zero-order chi connectivity index (χ0) is 20.6. The van der Waals surface area contributed by atoms with E-state index < -0.39 is 10.0 Å². The normalized spacial score (nSPS) is 17.8. The largest absolute Gasteiger partial charge is 0.489 e. The first-order valence-electron chi connectivity index (χ1n) is 9.00. The lowest BCUT2D eigenvalue weighted by Crippen LogP contribution is -2.50. The van der Waals surface area contributed by atoms with Gasteiger partial charge in [0.05, 0.1) is 22.6 Å². The van der Waals surface area contributed by atoms with Crippen molar-refractivity contribution in [1.82, 2.24) is 9.21 Å². The van der Waals surface area contributed by atoms with E-state index in [4.69, 9.17) is 32.7 Å². The Bertz CT molecular complexity index is 1030. The number of carbonyl (C=O) groups excluding carboxylic acids is 1. The van der Waals surface area contributed by atoms with E-state index in [1.807, 2.05) is 0 Å². The third kappa shape index (κ3) is 4.20. The summed E-state index contributed by atoms with van der Waals surface area (Å²) in [5.74, 6) is 0.680. The van der Waals surface area contributed by atoms with Crippen LogP contribution in [0.1, 0.15) is 16.8 Å². The minimum Gasteiger partial charge on any atom is -0.489 e. The summed E-state index contributed by atoms with van der Waals surface area (Å²) in [6.45, 7) is 1.98. The molecule has 11 heteroatoms. The summed E-state index contributed by atoms with van der Waals surface area (Å²) in [6.07, 6.45) is 0.736. The molecule has 0 spiro atoms. The average Bonchev–Trinajstić information content (AvgIpc) is 3.01. The van der Waals surface area contributed by atoms with Crippen LogP contribution in [-0.2, 0) is 10.0 Å². The SMILES string of the molecule is O=C(c1cc(Cl)c2c(c1)OCCCO2)N1CCN(S(=O)(=O)c2ccc(Cl)s2)CC1. The zero-order valence-corrected chi connectivity index (χ0v) is 18.4. The van der Waals surface area contributed by atoms with Crippen molar-refractivity contribution < 1.29 is 22.7 Å². The Balaban J connectivity index is 1.47. The molecule has 2 aromatic rings. The maximum Gasteiger partial charge on any atom is 0.254 e. The Hall–Kier alpha value is -1.52. The van der Waals surface area contributed by atoms with Gasteiger partial charge in [-0.25, -0.2) is 8.42 Å². The Morgan fingerprint density at radius 2 is 1.76 bits per heavy atom. The van der Waals surface area contributed by atoms with Gasteiger partial charge in [0.15, 0.2) is 11.5 Å². The topological polar surface area (TPSA) is 76.2 Å². The quantitative estimate of drug-likeness (QED) is 0.678. The van der Waals surface area contributed by atoms with Crippen LogP contribution < -0.4 is 9.47 Å². The molecule has 156 valence electrons. The molecule has 0 N–H and O–H groups in total. The molecule has 7 nitrogen and oxygen atoms in total. The van der Waals surface area contributed by atoms with Crippen molar-refractivity contribution in [3.05, 3.63) is 39.2 Å². The average molecular weight is 477 g/mol. The summed E-state index contributed by atoms with van der Waals surface area (Å²) in [6, 6.07) is 6.26. The Morgan fingerprint density at radius 3 is 2.45 bits per heavy atom. The molecule has 1 aromatic carbocycles. The van der Waals surface area contributed by atoms with Crippen LogP contribution >= 0.6 is 34.5 Å². The molecule has 0 unspecified atom stereocenters. The highest BCUT2D eigenvalue weighted by atomic mass is 35.5. The number of sulfonamides is 1. The van der Waals surface area contributed by atoms with E-state index in [9.17, 15) is 13.2 Å². The minimum atomic E-state index is -3.61. The molecule has 0 radical (unpaired) electrons. The number of hydrogen-bond donors (Lipinski definition) is 0. The number of piperazine rings is 1. The summed E-state index contributed by atoms with van der Waals surface area (Å²) < 4.78 is 38.7. The smallest absolute Gasteiger partial charge is 0.254 e. The number of halogens is 2. The maximum absolute atomic E-state index is 12.9. The Kier molecular flexibility index (Phi) is 5.94. The summed E-state index contributed by atoms with van der Waals surface area (Å²) in [5.41, 5.74) is 0.389. The lowest BCUT2D eigenvalue weighted by atomic mass is 10.1. The number of hydrogen-bond acceptors (Lipinski definition) is 6. The molecule has 4 rings (SSSR count). The first-order chi connectivity index (χ1) is 13.9. The predicted octanol–water partition coefficient (Wildman–Crippen LogP) is 3.36. The van der Waals surface area contributed by atoms with Gasteiger partial charge in [-0.1, -0.05) is 23.2 Å². The molecular weight excluding hydrogens is 459 g/mol. The minimum absolute atomic E-state index is 0.206. The van der Waals surface area contributed by atoms with E-state index in [0.717, 1.165) is 17.8 Å². The third-order valence-corrected chi connectivity index (χ3v) is 8.60. The van der Waals surface area contributed by atoms with Gasteiger partial charge in [-0.15, -0.1) is 11.3 Å². The number of carbonyl (C=O) groups is 1. The summed E-state index contributed by atoms with van der Waals surface area (Å²) in [4.78, 5) is 14.6. The predicted molar refractivity (Wildman–Crippen MR) is 111 cm³/mol. The van der Waals surface area contributed by atoms with Crippen molar-refractivity contribution in [2.75, 3.05) is 39.4 Å². The molecule has 3 heterocycles. The van der Waals surface area contributed by atoms with Gasteiger partial charge >= 0.3 is 0 Å². The van der Waals surface area contributed by atoms with Crippen LogP contribution in [0.5, 0.6) is 11.5 Å². The lowest BCUT2D eigenvalue weighted by molar-refractivity contribution is 0.0697. The number of amides is 1. The highest BCUT2D eigenvalue weighted by molar-refractivity contribution is 7.91. The molecule has 0 bridgehead atoms. The van der Waals surface area contributed by atoms with Crippen LogP contribution in [0.25, 0.3) is 0 Å². The van der Waals surface area contributed by atoms with E-state index in [0.29, 0.717) is 39.6 Å². The summed E-state index contributed by atoms with van der Waals surface area (Å²) in [5, 5.41) is 0.323. The third-order valence-electron chi connectivity index (χ3n) is 4.72. The van der Waals surface area contributed by atoms with E-state index >= 15 is 0 Å². The number of thiophene rings is 1. The van der Waals surface area contributed by atoms with Crippen molar-refractivity contribution in [3.8, 4) is 11.5 Å². The lowest BCUT2D eigenvalue weighted by Gasteiger charge is -2.33. The van der Waals surface area contributed by atoms with Crippen LogP contribution in [0.3, 0.4) is 0 Å². The van der Waals surface area contributed by atoms with Crippen LogP contribution in [0.4, 0.5) is 0 Å². The van der Waals surface area contributed by atoms with Gasteiger partial charge < -0.3 is 14.4 Å². The fourth-order valence-corrected chi connectivity index (χ4v) is 6.56. The van der Waals surface area contributed by atoms with E-state index in [1.165, 1.54) is 10.4 Å². The van der Waals surface area contributed by atoms with Crippen molar-refractivity contribution in [3.63, 3.8) is 0 Å². The van der Waals surface area contributed by atoms with E-state index in [1.54, 1.807) is 23.1 Å². The fourth-order valence-electron chi connectivity index (χ4n) is 3.23. The van der Waals surface area contributed by atoms with Gasteiger partial charge in [-0.05, 0) is 24.3 Å². The molecule has 1 saturated heterocycles. The molecule has 1 amide bonds. The molecule has 0 saturated carbocycles. The van der Waals surface area contributed by atoms with Crippen molar-refractivity contribution in [2.24, 2.45) is 0 Å². The molecule has 0 aliphatic carbocycles. The number of rotatable bonds is 3. The second-order valence-corrected chi connectivity index (χ2v) is 10.9. The molecule has 2 aliphatic rings. The first kappa shape index (κ1) is 20.7. The highest BCUT2D eigenvalue weighted by Gasteiger charge is 2.32.